The average Bonchev–Trinajstić information content (AvgIpc) is 2.71. The van der Waals surface area contributed by atoms with Crippen LogP contribution in [0.3, 0.4) is 0 Å². The van der Waals surface area contributed by atoms with Crippen molar-refractivity contribution in [3.8, 4) is 0 Å². The van der Waals surface area contributed by atoms with E-state index in [4.69, 9.17) is 12.2 Å². The standard InChI is InChI=1S/C15H19BrN2S/c1-10(11-5-7-12(16)8-6-11)18-13(15(2,3)4)9-17-14(18)19/h5-10H,1-4H3,(H,17,19). The monoisotopic (exact) mass is 338 g/mol. The molecule has 1 N–H and O–H groups in total. The molecule has 2 rings (SSSR count). The van der Waals surface area contributed by atoms with Gasteiger partial charge in [-0.05, 0) is 36.8 Å². The lowest BCUT2D eigenvalue weighted by molar-refractivity contribution is 0.495. The zero-order chi connectivity index (χ0) is 14.2. The van der Waals surface area contributed by atoms with Gasteiger partial charge in [0, 0.05) is 21.8 Å². The number of imidazole rings is 1. The number of rotatable bonds is 2. The zero-order valence-electron chi connectivity index (χ0n) is 11.7. The van der Waals surface area contributed by atoms with Crippen molar-refractivity contribution in [2.24, 2.45) is 0 Å². The minimum Gasteiger partial charge on any atom is -0.337 e. The SMILES string of the molecule is CC(c1ccc(Br)cc1)n1c(C(C)(C)C)c[nH]c1=S. The Kier molecular flexibility index (Phi) is 4.02. The molecule has 2 nitrogen and oxygen atoms in total. The van der Waals surface area contributed by atoms with Crippen molar-refractivity contribution in [2.45, 2.75) is 39.2 Å². The highest BCUT2D eigenvalue weighted by Crippen LogP contribution is 2.28. The Morgan fingerprint density at radius 3 is 2.32 bits per heavy atom. The molecule has 0 amide bonds. The number of nitrogens with zero attached hydrogens (tertiary/aromatic N) is 1. The highest BCUT2D eigenvalue weighted by molar-refractivity contribution is 9.10. The molecule has 0 bridgehead atoms. The van der Waals surface area contributed by atoms with Gasteiger partial charge >= 0.3 is 0 Å². The highest BCUT2D eigenvalue weighted by Gasteiger charge is 2.22. The fraction of sp³-hybridized carbons (Fsp3) is 0.400. The summed E-state index contributed by atoms with van der Waals surface area (Å²) in [5.41, 5.74) is 2.55. The van der Waals surface area contributed by atoms with Crippen molar-refractivity contribution in [3.63, 3.8) is 0 Å². The summed E-state index contributed by atoms with van der Waals surface area (Å²) in [5, 5.41) is 0. The van der Waals surface area contributed by atoms with Crippen molar-refractivity contribution >= 4 is 28.1 Å². The number of benzene rings is 1. The summed E-state index contributed by atoms with van der Waals surface area (Å²) in [4.78, 5) is 3.17. The molecule has 1 unspecified atom stereocenters. The van der Waals surface area contributed by atoms with E-state index in [0.717, 1.165) is 9.24 Å². The van der Waals surface area contributed by atoms with Crippen LogP contribution in [0.15, 0.2) is 34.9 Å². The Morgan fingerprint density at radius 1 is 1.21 bits per heavy atom. The van der Waals surface area contributed by atoms with Gasteiger partial charge in [-0.15, -0.1) is 0 Å². The van der Waals surface area contributed by atoms with Gasteiger partial charge in [0.25, 0.3) is 0 Å². The van der Waals surface area contributed by atoms with E-state index in [9.17, 15) is 0 Å². The molecule has 0 aliphatic rings. The van der Waals surface area contributed by atoms with E-state index in [0.29, 0.717) is 0 Å². The minimum atomic E-state index is 0.0667. The number of hydrogen-bond donors (Lipinski definition) is 1. The van der Waals surface area contributed by atoms with Gasteiger partial charge in [0.1, 0.15) is 0 Å². The van der Waals surface area contributed by atoms with Gasteiger partial charge in [-0.25, -0.2) is 0 Å². The van der Waals surface area contributed by atoms with Gasteiger partial charge in [-0.2, -0.15) is 0 Å². The van der Waals surface area contributed by atoms with E-state index in [1.54, 1.807) is 0 Å². The number of aromatic nitrogens is 2. The number of nitrogens with one attached hydrogen (secondary N) is 1. The van der Waals surface area contributed by atoms with E-state index in [1.807, 2.05) is 6.20 Å². The molecule has 0 radical (unpaired) electrons. The first-order valence-corrected chi connectivity index (χ1v) is 7.56. The first-order chi connectivity index (χ1) is 8.80. The topological polar surface area (TPSA) is 20.7 Å². The van der Waals surface area contributed by atoms with Gasteiger partial charge in [0.2, 0.25) is 0 Å². The maximum atomic E-state index is 5.44. The van der Waals surface area contributed by atoms with E-state index in [-0.39, 0.29) is 11.5 Å². The highest BCUT2D eigenvalue weighted by atomic mass is 79.9. The van der Waals surface area contributed by atoms with Crippen molar-refractivity contribution < 1.29 is 0 Å². The fourth-order valence-corrected chi connectivity index (χ4v) is 2.81. The molecule has 0 aliphatic carbocycles. The van der Waals surface area contributed by atoms with E-state index in [2.05, 4.69) is 77.4 Å². The Hall–Kier alpha value is -0.870. The molecule has 4 heteroatoms. The largest absolute Gasteiger partial charge is 0.337 e. The summed E-state index contributed by atoms with van der Waals surface area (Å²) >= 11 is 8.91. The second-order valence-corrected chi connectivity index (χ2v) is 7.13. The molecular formula is C15H19BrN2S. The van der Waals surface area contributed by atoms with Crippen LogP contribution in [-0.2, 0) is 5.41 Å². The Bertz CT molecular complexity index is 617. The molecule has 0 saturated heterocycles. The number of halogens is 1. The van der Waals surface area contributed by atoms with Crippen molar-refractivity contribution in [3.05, 3.63) is 51.0 Å². The molecule has 2 aromatic rings. The first-order valence-electron chi connectivity index (χ1n) is 6.36. The van der Waals surface area contributed by atoms with Gasteiger partial charge in [-0.1, -0.05) is 48.8 Å². The maximum absolute atomic E-state index is 5.44. The molecule has 19 heavy (non-hydrogen) atoms. The third kappa shape index (κ3) is 3.00. The molecule has 1 aromatic carbocycles. The van der Waals surface area contributed by atoms with Crippen LogP contribution >= 0.6 is 28.1 Å². The second-order valence-electron chi connectivity index (χ2n) is 5.83. The van der Waals surface area contributed by atoms with Crippen LogP contribution in [0, 0.1) is 4.77 Å². The molecule has 0 spiro atoms. The molecule has 102 valence electrons. The summed E-state index contributed by atoms with van der Waals surface area (Å²) in [5.74, 6) is 0. The predicted molar refractivity (Wildman–Crippen MR) is 86.3 cm³/mol. The molecule has 1 atom stereocenters. The Labute approximate surface area is 128 Å². The third-order valence-electron chi connectivity index (χ3n) is 3.32. The van der Waals surface area contributed by atoms with Crippen LogP contribution in [0.5, 0.6) is 0 Å². The van der Waals surface area contributed by atoms with Crippen LogP contribution < -0.4 is 0 Å². The Morgan fingerprint density at radius 2 is 1.79 bits per heavy atom. The summed E-state index contributed by atoms with van der Waals surface area (Å²) in [6, 6.07) is 8.63. The van der Waals surface area contributed by atoms with Crippen LogP contribution in [-0.4, -0.2) is 9.55 Å². The Balaban J connectivity index is 2.50. The normalized spacial score (nSPS) is 13.5. The fourth-order valence-electron chi connectivity index (χ4n) is 2.23. The molecule has 1 aromatic heterocycles. The van der Waals surface area contributed by atoms with Gasteiger partial charge < -0.3 is 9.55 Å². The summed E-state index contributed by atoms with van der Waals surface area (Å²) < 4.78 is 4.08. The second kappa shape index (κ2) is 5.25. The van der Waals surface area contributed by atoms with Crippen LogP contribution in [0.4, 0.5) is 0 Å². The van der Waals surface area contributed by atoms with Gasteiger partial charge in [-0.3, -0.25) is 0 Å². The lowest BCUT2D eigenvalue weighted by atomic mass is 9.92. The number of H-pyrrole nitrogens is 1. The van der Waals surface area contributed by atoms with Crippen LogP contribution in [0.1, 0.15) is 45.0 Å². The summed E-state index contributed by atoms with van der Waals surface area (Å²) in [6.07, 6.45) is 2.03. The predicted octanol–water partition coefficient (Wildman–Crippen LogP) is 5.21. The summed E-state index contributed by atoms with van der Waals surface area (Å²) in [6.45, 7) is 8.80. The lowest BCUT2D eigenvalue weighted by Gasteiger charge is -2.25. The molecule has 0 aliphatic heterocycles. The average molecular weight is 339 g/mol. The molecule has 0 fully saturated rings. The lowest BCUT2D eigenvalue weighted by Crippen LogP contribution is -2.20. The first kappa shape index (κ1) is 14.5. The smallest absolute Gasteiger partial charge is 0.177 e. The zero-order valence-corrected chi connectivity index (χ0v) is 14.1. The quantitative estimate of drug-likeness (QED) is 0.745. The van der Waals surface area contributed by atoms with Gasteiger partial charge in [0.15, 0.2) is 4.77 Å². The molecular weight excluding hydrogens is 320 g/mol. The number of aromatic amines is 1. The van der Waals surface area contributed by atoms with Crippen LogP contribution in [0.25, 0.3) is 0 Å². The summed E-state index contributed by atoms with van der Waals surface area (Å²) in [7, 11) is 0. The van der Waals surface area contributed by atoms with Crippen molar-refractivity contribution in [1.29, 1.82) is 0 Å². The van der Waals surface area contributed by atoms with E-state index >= 15 is 0 Å². The van der Waals surface area contributed by atoms with E-state index in [1.165, 1.54) is 11.3 Å². The molecule has 0 saturated carbocycles. The van der Waals surface area contributed by atoms with Gasteiger partial charge in [0.05, 0.1) is 6.04 Å². The van der Waals surface area contributed by atoms with Crippen molar-refractivity contribution in [1.82, 2.24) is 9.55 Å². The maximum Gasteiger partial charge on any atom is 0.177 e. The van der Waals surface area contributed by atoms with Crippen molar-refractivity contribution in [2.75, 3.05) is 0 Å². The third-order valence-corrected chi connectivity index (χ3v) is 4.16. The minimum absolute atomic E-state index is 0.0667. The molecule has 1 heterocycles. The number of hydrogen-bond acceptors (Lipinski definition) is 1. The van der Waals surface area contributed by atoms with E-state index < -0.39 is 0 Å². The van der Waals surface area contributed by atoms with Crippen LogP contribution in [0.2, 0.25) is 0 Å².